The lowest BCUT2D eigenvalue weighted by Gasteiger charge is -2.15. The van der Waals surface area contributed by atoms with Gasteiger partial charge >= 0.3 is 5.97 Å². The molecule has 2 aromatic rings. The van der Waals surface area contributed by atoms with Crippen molar-refractivity contribution in [2.24, 2.45) is 7.05 Å². The number of carbonyl (C=O) groups excluding carboxylic acids is 1. The highest BCUT2D eigenvalue weighted by Crippen LogP contribution is 2.26. The van der Waals surface area contributed by atoms with E-state index < -0.39 is 0 Å². The van der Waals surface area contributed by atoms with Crippen LogP contribution in [0.2, 0.25) is 0 Å². The molecule has 0 aromatic carbocycles. The Morgan fingerprint density at radius 3 is 2.74 bits per heavy atom. The second-order valence-corrected chi connectivity index (χ2v) is 5.16. The molecule has 0 spiro atoms. The Morgan fingerprint density at radius 2 is 2.22 bits per heavy atom. The third-order valence-electron chi connectivity index (χ3n) is 3.52. The first-order valence-corrected chi connectivity index (χ1v) is 7.41. The van der Waals surface area contributed by atoms with E-state index in [0.29, 0.717) is 24.6 Å². The smallest absolute Gasteiger partial charge is 0.306 e. The molecule has 7 nitrogen and oxygen atoms in total. The van der Waals surface area contributed by atoms with Gasteiger partial charge in [-0.2, -0.15) is 5.10 Å². The molecule has 1 unspecified atom stereocenters. The van der Waals surface area contributed by atoms with E-state index in [1.807, 2.05) is 6.07 Å². The van der Waals surface area contributed by atoms with Gasteiger partial charge < -0.3 is 14.6 Å². The molecule has 1 N–H and O–H groups in total. The summed E-state index contributed by atoms with van der Waals surface area (Å²) in [6, 6.07) is 5.22. The Hall–Kier alpha value is -2.57. The number of pyridine rings is 1. The molecule has 0 aliphatic heterocycles. The van der Waals surface area contributed by atoms with Crippen molar-refractivity contribution in [3.63, 3.8) is 0 Å². The number of aryl methyl sites for hydroxylation is 1. The van der Waals surface area contributed by atoms with Crippen LogP contribution in [-0.4, -0.2) is 39.6 Å². The Labute approximate surface area is 134 Å². The lowest BCUT2D eigenvalue weighted by atomic mass is 9.92. The molecule has 2 aromatic heterocycles. The molecule has 0 amide bonds. The van der Waals surface area contributed by atoms with Crippen LogP contribution in [0.25, 0.3) is 0 Å². The summed E-state index contributed by atoms with van der Waals surface area (Å²) in [5.74, 6) is 0.192. The number of carbonyl (C=O) groups is 1. The number of aromatic nitrogens is 3. The molecule has 0 saturated heterocycles. The van der Waals surface area contributed by atoms with Crippen molar-refractivity contribution in [2.45, 2.75) is 25.7 Å². The molecule has 1 atom stereocenters. The highest BCUT2D eigenvalue weighted by molar-refractivity contribution is 5.70. The fourth-order valence-electron chi connectivity index (χ4n) is 2.35. The van der Waals surface area contributed by atoms with Gasteiger partial charge in [-0.05, 0) is 18.9 Å². The van der Waals surface area contributed by atoms with Crippen molar-refractivity contribution in [2.75, 3.05) is 13.7 Å². The molecule has 124 valence electrons. The Morgan fingerprint density at radius 1 is 1.43 bits per heavy atom. The van der Waals surface area contributed by atoms with Gasteiger partial charge in [0.2, 0.25) is 11.8 Å². The minimum Gasteiger partial charge on any atom is -0.493 e. The largest absolute Gasteiger partial charge is 0.493 e. The number of aromatic hydroxyl groups is 1. The normalized spacial score (nSPS) is 12.0. The van der Waals surface area contributed by atoms with Crippen molar-refractivity contribution in [1.29, 1.82) is 0 Å². The molecule has 0 aliphatic carbocycles. The Kier molecular flexibility index (Phi) is 5.56. The van der Waals surface area contributed by atoms with Crippen LogP contribution in [0.4, 0.5) is 0 Å². The van der Waals surface area contributed by atoms with Crippen LogP contribution in [0.5, 0.6) is 11.8 Å². The number of methoxy groups -OCH3 is 1. The molecule has 0 aliphatic rings. The first-order valence-electron chi connectivity index (χ1n) is 7.41. The predicted octanol–water partition coefficient (Wildman–Crippen LogP) is 1.81. The lowest BCUT2D eigenvalue weighted by Crippen LogP contribution is -2.13. The number of esters is 1. The molecule has 0 fully saturated rings. The maximum Gasteiger partial charge on any atom is 0.306 e. The van der Waals surface area contributed by atoms with Gasteiger partial charge in [0.15, 0.2) is 0 Å². The van der Waals surface area contributed by atoms with Crippen LogP contribution >= 0.6 is 0 Å². The minimum absolute atomic E-state index is 0.0859. The average molecular weight is 319 g/mol. The van der Waals surface area contributed by atoms with E-state index in [0.717, 1.165) is 5.56 Å². The van der Waals surface area contributed by atoms with Gasteiger partial charge in [-0.25, -0.2) is 9.67 Å². The second kappa shape index (κ2) is 7.62. The molecule has 7 heteroatoms. The first-order chi connectivity index (χ1) is 11.0. The van der Waals surface area contributed by atoms with E-state index in [2.05, 4.69) is 10.1 Å². The van der Waals surface area contributed by atoms with Crippen LogP contribution in [-0.2, 0) is 23.0 Å². The van der Waals surface area contributed by atoms with Crippen LogP contribution in [0.3, 0.4) is 0 Å². The van der Waals surface area contributed by atoms with E-state index in [1.165, 1.54) is 4.68 Å². The SMILES string of the molecule is CCOC(=O)CC(Cc1cc(O)n(C)n1)c1ccc(OC)nc1. The van der Waals surface area contributed by atoms with Gasteiger partial charge in [-0.1, -0.05) is 6.07 Å². The summed E-state index contributed by atoms with van der Waals surface area (Å²) in [4.78, 5) is 16.1. The zero-order valence-corrected chi connectivity index (χ0v) is 13.5. The van der Waals surface area contributed by atoms with Crippen molar-refractivity contribution in [3.8, 4) is 11.8 Å². The number of rotatable bonds is 7. The third kappa shape index (κ3) is 4.45. The summed E-state index contributed by atoms with van der Waals surface area (Å²) in [5.41, 5.74) is 1.60. The first kappa shape index (κ1) is 16.8. The Bertz CT molecular complexity index is 632. The van der Waals surface area contributed by atoms with Gasteiger partial charge in [0.25, 0.3) is 0 Å². The van der Waals surface area contributed by atoms with E-state index >= 15 is 0 Å². The van der Waals surface area contributed by atoms with E-state index in [1.54, 1.807) is 39.4 Å². The standard InChI is InChI=1S/C16H21N3O4/c1-4-23-16(21)8-12(7-13-9-15(20)19(2)18-13)11-5-6-14(22-3)17-10-11/h5-6,9-10,12,20H,4,7-8H2,1-3H3. The van der Waals surface area contributed by atoms with E-state index in [4.69, 9.17) is 9.47 Å². The second-order valence-electron chi connectivity index (χ2n) is 5.16. The van der Waals surface area contributed by atoms with Crippen molar-refractivity contribution in [1.82, 2.24) is 14.8 Å². The van der Waals surface area contributed by atoms with Gasteiger partial charge in [0.1, 0.15) is 0 Å². The van der Waals surface area contributed by atoms with E-state index in [-0.39, 0.29) is 24.2 Å². The van der Waals surface area contributed by atoms with Crippen LogP contribution in [0, 0.1) is 0 Å². The van der Waals surface area contributed by atoms with Crippen molar-refractivity contribution >= 4 is 5.97 Å². The van der Waals surface area contributed by atoms with Crippen LogP contribution in [0.15, 0.2) is 24.4 Å². The highest BCUT2D eigenvalue weighted by atomic mass is 16.5. The molecule has 2 rings (SSSR count). The number of ether oxygens (including phenoxy) is 2. The summed E-state index contributed by atoms with van der Waals surface area (Å²) < 4.78 is 11.5. The molecule has 0 saturated carbocycles. The molecular formula is C16H21N3O4. The van der Waals surface area contributed by atoms with Crippen LogP contribution < -0.4 is 4.74 Å². The van der Waals surface area contributed by atoms with E-state index in [9.17, 15) is 9.90 Å². The fourth-order valence-corrected chi connectivity index (χ4v) is 2.35. The van der Waals surface area contributed by atoms with Crippen molar-refractivity contribution in [3.05, 3.63) is 35.7 Å². The lowest BCUT2D eigenvalue weighted by molar-refractivity contribution is -0.143. The summed E-state index contributed by atoms with van der Waals surface area (Å²) >= 11 is 0. The molecule has 2 heterocycles. The summed E-state index contributed by atoms with van der Waals surface area (Å²) in [6.45, 7) is 2.12. The predicted molar refractivity (Wildman–Crippen MR) is 83.4 cm³/mol. The number of hydrogen-bond acceptors (Lipinski definition) is 6. The maximum atomic E-state index is 11.9. The third-order valence-corrected chi connectivity index (χ3v) is 3.52. The van der Waals surface area contributed by atoms with Gasteiger partial charge in [0, 0.05) is 31.3 Å². The quantitative estimate of drug-likeness (QED) is 0.783. The number of nitrogens with zero attached hydrogens (tertiary/aromatic N) is 3. The van der Waals surface area contributed by atoms with Gasteiger partial charge in [-0.3, -0.25) is 4.79 Å². The van der Waals surface area contributed by atoms with Crippen molar-refractivity contribution < 1.29 is 19.4 Å². The number of hydrogen-bond donors (Lipinski definition) is 1. The highest BCUT2D eigenvalue weighted by Gasteiger charge is 2.20. The average Bonchev–Trinajstić information content (AvgIpc) is 2.85. The fraction of sp³-hybridized carbons (Fsp3) is 0.438. The van der Waals surface area contributed by atoms with Crippen LogP contribution in [0.1, 0.15) is 30.5 Å². The molecule has 0 radical (unpaired) electrons. The monoisotopic (exact) mass is 319 g/mol. The maximum absolute atomic E-state index is 11.9. The molecule has 23 heavy (non-hydrogen) atoms. The van der Waals surface area contributed by atoms with Gasteiger partial charge in [0.05, 0.1) is 25.8 Å². The molecular weight excluding hydrogens is 298 g/mol. The summed E-state index contributed by atoms with van der Waals surface area (Å²) in [7, 11) is 3.21. The van der Waals surface area contributed by atoms with Gasteiger partial charge in [-0.15, -0.1) is 0 Å². The topological polar surface area (TPSA) is 86.5 Å². The minimum atomic E-state index is -0.270. The summed E-state index contributed by atoms with van der Waals surface area (Å²) in [5, 5.41) is 13.9. The zero-order chi connectivity index (χ0) is 16.8. The summed E-state index contributed by atoms with van der Waals surface area (Å²) in [6.07, 6.45) is 2.41. The Balaban J connectivity index is 2.20. The molecule has 0 bridgehead atoms. The zero-order valence-electron chi connectivity index (χ0n) is 13.5.